The number of amides is 2. The smallest absolute Gasteiger partial charge is 0.265 e. The summed E-state index contributed by atoms with van der Waals surface area (Å²) >= 11 is 0. The molecule has 1 N–H and O–H groups in total. The van der Waals surface area contributed by atoms with Crippen LogP contribution < -0.4 is 24.4 Å². The van der Waals surface area contributed by atoms with E-state index in [9.17, 15) is 9.59 Å². The van der Waals surface area contributed by atoms with Crippen LogP contribution in [0.25, 0.3) is 0 Å². The lowest BCUT2D eigenvalue weighted by molar-refractivity contribution is -0.123. The van der Waals surface area contributed by atoms with Crippen molar-refractivity contribution in [3.63, 3.8) is 0 Å². The predicted octanol–water partition coefficient (Wildman–Crippen LogP) is 2.77. The Morgan fingerprint density at radius 3 is 2.93 bits per heavy atom. The second-order valence-electron chi connectivity index (χ2n) is 6.81. The molecule has 1 atom stereocenters. The third kappa shape index (κ3) is 3.47. The molecule has 4 rings (SSSR count). The largest absolute Gasteiger partial charge is 0.492 e. The second-order valence-corrected chi connectivity index (χ2v) is 6.81. The average molecular weight is 382 g/mol. The molecule has 0 fully saturated rings. The predicted molar refractivity (Wildman–Crippen MR) is 104 cm³/mol. The maximum absolute atomic E-state index is 12.7. The third-order valence-corrected chi connectivity index (χ3v) is 4.68. The van der Waals surface area contributed by atoms with Gasteiger partial charge in [-0.05, 0) is 32.0 Å². The molecule has 2 aliphatic heterocycles. The summed E-state index contributed by atoms with van der Waals surface area (Å²) in [5, 5.41) is 2.86. The fraction of sp³-hybridized carbons (Fsp3) is 0.333. The maximum Gasteiger partial charge on any atom is 0.265 e. The Morgan fingerprint density at radius 1 is 1.29 bits per heavy atom. The second kappa shape index (κ2) is 7.42. The number of anilines is 2. The van der Waals surface area contributed by atoms with Crippen LogP contribution in [0, 0.1) is 0 Å². The minimum absolute atomic E-state index is 0.0843. The first-order valence-corrected chi connectivity index (χ1v) is 9.33. The molecule has 7 nitrogen and oxygen atoms in total. The van der Waals surface area contributed by atoms with Crippen LogP contribution in [0.2, 0.25) is 0 Å². The number of ether oxygens (including phenoxy) is 3. The van der Waals surface area contributed by atoms with Crippen LogP contribution in [0.15, 0.2) is 36.4 Å². The summed E-state index contributed by atoms with van der Waals surface area (Å²) in [7, 11) is 0. The van der Waals surface area contributed by atoms with Gasteiger partial charge in [0, 0.05) is 18.1 Å². The van der Waals surface area contributed by atoms with Gasteiger partial charge in [0.15, 0.2) is 6.61 Å². The summed E-state index contributed by atoms with van der Waals surface area (Å²) in [6.45, 7) is 4.17. The van der Waals surface area contributed by atoms with Gasteiger partial charge in [-0.2, -0.15) is 0 Å². The van der Waals surface area contributed by atoms with E-state index in [1.165, 1.54) is 4.90 Å². The van der Waals surface area contributed by atoms with Gasteiger partial charge in [-0.1, -0.05) is 12.1 Å². The van der Waals surface area contributed by atoms with Crippen molar-refractivity contribution in [2.75, 3.05) is 30.0 Å². The van der Waals surface area contributed by atoms with Crippen molar-refractivity contribution in [3.8, 4) is 17.2 Å². The van der Waals surface area contributed by atoms with Gasteiger partial charge >= 0.3 is 0 Å². The lowest BCUT2D eigenvalue weighted by Gasteiger charge is -2.28. The summed E-state index contributed by atoms with van der Waals surface area (Å²) in [5.74, 6) is 1.35. The van der Waals surface area contributed by atoms with Gasteiger partial charge in [-0.15, -0.1) is 0 Å². The molecule has 0 saturated heterocycles. The van der Waals surface area contributed by atoms with Gasteiger partial charge in [0.05, 0.1) is 18.0 Å². The number of carbonyl (C=O) groups excluding carboxylic acids is 2. The van der Waals surface area contributed by atoms with E-state index in [2.05, 4.69) is 5.32 Å². The van der Waals surface area contributed by atoms with Crippen molar-refractivity contribution < 1.29 is 23.8 Å². The Kier molecular flexibility index (Phi) is 4.81. The number of hydrogen-bond acceptors (Lipinski definition) is 5. The Hall–Kier alpha value is -3.22. The first-order chi connectivity index (χ1) is 13.5. The van der Waals surface area contributed by atoms with Gasteiger partial charge in [0.1, 0.15) is 29.9 Å². The molecule has 0 unspecified atom stereocenters. The highest BCUT2D eigenvalue weighted by Gasteiger charge is 2.28. The number of nitrogens with zero attached hydrogens (tertiary/aromatic N) is 1. The van der Waals surface area contributed by atoms with Crippen LogP contribution in [0.4, 0.5) is 11.4 Å². The van der Waals surface area contributed by atoms with Crippen molar-refractivity contribution in [1.82, 2.24) is 0 Å². The summed E-state index contributed by atoms with van der Waals surface area (Å²) in [4.78, 5) is 26.4. The Morgan fingerprint density at radius 2 is 2.11 bits per heavy atom. The van der Waals surface area contributed by atoms with E-state index in [-0.39, 0.29) is 31.1 Å². The average Bonchev–Trinajstić information content (AvgIpc) is 3.03. The fourth-order valence-electron chi connectivity index (χ4n) is 3.47. The molecule has 0 aromatic heterocycles. The first kappa shape index (κ1) is 18.2. The highest BCUT2D eigenvalue weighted by atomic mass is 16.5. The van der Waals surface area contributed by atoms with Crippen LogP contribution in [0.1, 0.15) is 19.4 Å². The summed E-state index contributed by atoms with van der Waals surface area (Å²) in [6, 6.07) is 10.9. The lowest BCUT2D eigenvalue weighted by atomic mass is 10.1. The molecule has 0 radical (unpaired) electrons. The van der Waals surface area contributed by atoms with Crippen LogP contribution in [-0.4, -0.2) is 37.7 Å². The normalized spacial score (nSPS) is 17.3. The molecule has 0 aliphatic carbocycles. The van der Waals surface area contributed by atoms with E-state index >= 15 is 0 Å². The van der Waals surface area contributed by atoms with E-state index in [0.717, 1.165) is 17.7 Å². The molecule has 2 heterocycles. The number of para-hydroxylation sites is 2. The van der Waals surface area contributed by atoms with Gasteiger partial charge in [-0.3, -0.25) is 14.5 Å². The molecule has 28 heavy (non-hydrogen) atoms. The SMILES string of the molecule is CCOc1cc2c(cc1NC(=O)CN1C(=O)COc3ccccc31)O[C@@H](C)C2. The minimum atomic E-state index is -0.322. The van der Waals surface area contributed by atoms with E-state index in [4.69, 9.17) is 14.2 Å². The Labute approximate surface area is 163 Å². The molecule has 2 aromatic rings. The molecule has 146 valence electrons. The van der Waals surface area contributed by atoms with Crippen LogP contribution in [0.3, 0.4) is 0 Å². The van der Waals surface area contributed by atoms with E-state index in [1.54, 1.807) is 24.3 Å². The van der Waals surface area contributed by atoms with Crippen LogP contribution in [0.5, 0.6) is 17.2 Å². The van der Waals surface area contributed by atoms with E-state index in [1.807, 2.05) is 26.0 Å². The molecule has 0 spiro atoms. The molecule has 7 heteroatoms. The van der Waals surface area contributed by atoms with Gasteiger partial charge in [0.2, 0.25) is 5.91 Å². The van der Waals surface area contributed by atoms with E-state index < -0.39 is 0 Å². The van der Waals surface area contributed by atoms with Crippen molar-refractivity contribution in [1.29, 1.82) is 0 Å². The zero-order valence-corrected chi connectivity index (χ0v) is 15.9. The van der Waals surface area contributed by atoms with Crippen molar-refractivity contribution in [2.24, 2.45) is 0 Å². The molecule has 2 amide bonds. The molecular weight excluding hydrogens is 360 g/mol. The minimum Gasteiger partial charge on any atom is -0.492 e. The number of carbonyl (C=O) groups is 2. The highest BCUT2D eigenvalue weighted by molar-refractivity contribution is 6.05. The van der Waals surface area contributed by atoms with Crippen molar-refractivity contribution >= 4 is 23.2 Å². The fourth-order valence-corrected chi connectivity index (χ4v) is 3.47. The van der Waals surface area contributed by atoms with Crippen molar-refractivity contribution in [2.45, 2.75) is 26.4 Å². The quantitative estimate of drug-likeness (QED) is 0.861. The van der Waals surface area contributed by atoms with Gasteiger partial charge in [0.25, 0.3) is 5.91 Å². The Balaban J connectivity index is 1.54. The number of nitrogens with one attached hydrogen (secondary N) is 1. The van der Waals surface area contributed by atoms with Crippen LogP contribution >= 0.6 is 0 Å². The molecule has 0 bridgehead atoms. The monoisotopic (exact) mass is 382 g/mol. The molecule has 0 saturated carbocycles. The summed E-state index contributed by atoms with van der Waals surface area (Å²) in [5.41, 5.74) is 2.19. The Bertz CT molecular complexity index is 927. The van der Waals surface area contributed by atoms with E-state index in [0.29, 0.717) is 29.5 Å². The van der Waals surface area contributed by atoms with Gasteiger partial charge < -0.3 is 19.5 Å². The molecule has 2 aromatic carbocycles. The summed E-state index contributed by atoms with van der Waals surface area (Å²) < 4.78 is 16.9. The number of hydrogen-bond donors (Lipinski definition) is 1. The first-order valence-electron chi connectivity index (χ1n) is 9.33. The number of rotatable bonds is 5. The number of benzene rings is 2. The van der Waals surface area contributed by atoms with Crippen molar-refractivity contribution in [3.05, 3.63) is 42.0 Å². The maximum atomic E-state index is 12.7. The van der Waals surface area contributed by atoms with Crippen LogP contribution in [-0.2, 0) is 16.0 Å². The zero-order valence-electron chi connectivity index (χ0n) is 15.9. The highest BCUT2D eigenvalue weighted by Crippen LogP contribution is 2.38. The zero-order chi connectivity index (χ0) is 19.7. The summed E-state index contributed by atoms with van der Waals surface area (Å²) in [6.07, 6.45) is 0.904. The molecule has 2 aliphatic rings. The standard InChI is InChI=1S/C21H22N2O5/c1-3-26-19-9-14-8-13(2)28-18(14)10-15(19)22-20(24)11-23-16-6-4-5-7-17(16)27-12-21(23)25/h4-7,9-10,13H,3,8,11-12H2,1-2H3,(H,22,24)/t13-/m0/s1. The topological polar surface area (TPSA) is 77.1 Å². The van der Waals surface area contributed by atoms with Gasteiger partial charge in [-0.25, -0.2) is 0 Å². The number of fused-ring (bicyclic) bond motifs is 2. The third-order valence-electron chi connectivity index (χ3n) is 4.68. The molecular formula is C21H22N2O5. The lowest BCUT2D eigenvalue weighted by Crippen LogP contribution is -2.43.